The van der Waals surface area contributed by atoms with E-state index in [1.54, 1.807) is 0 Å². The maximum atomic E-state index is 14.7. The van der Waals surface area contributed by atoms with Gasteiger partial charge in [0, 0.05) is 11.8 Å². The van der Waals surface area contributed by atoms with Crippen molar-refractivity contribution in [3.8, 4) is 0 Å². The van der Waals surface area contributed by atoms with Gasteiger partial charge < -0.3 is 5.73 Å². The number of carbonyl (C=O) groups is 1. The van der Waals surface area contributed by atoms with Crippen LogP contribution in [0, 0.1) is 24.4 Å². The highest BCUT2D eigenvalue weighted by Crippen LogP contribution is 2.40. The van der Waals surface area contributed by atoms with Crippen LogP contribution in [0.15, 0.2) is 53.6 Å². The van der Waals surface area contributed by atoms with Gasteiger partial charge in [0.2, 0.25) is 0 Å². The molecule has 0 saturated heterocycles. The number of amides is 1. The van der Waals surface area contributed by atoms with Gasteiger partial charge in [0.15, 0.2) is 21.5 Å². The third kappa shape index (κ3) is 4.56. The largest absolute Gasteiger partial charge is 0.416 e. The minimum absolute atomic E-state index is 0.0161. The lowest BCUT2D eigenvalue weighted by atomic mass is 10.00. The van der Waals surface area contributed by atoms with Gasteiger partial charge >= 0.3 is 6.18 Å². The van der Waals surface area contributed by atoms with Gasteiger partial charge in [0.1, 0.15) is 16.8 Å². The average Bonchev–Trinajstić information content (AvgIpc) is 2.73. The molecule has 5 nitrogen and oxygen atoms in total. The van der Waals surface area contributed by atoms with Crippen molar-refractivity contribution in [2.24, 2.45) is 5.73 Å². The van der Waals surface area contributed by atoms with Crippen LogP contribution in [0.25, 0.3) is 0 Å². The first-order valence-electron chi connectivity index (χ1n) is 9.06. The lowest BCUT2D eigenvalue weighted by Gasteiger charge is -2.22. The Morgan fingerprint density at radius 3 is 2.09 bits per heavy atom. The summed E-state index contributed by atoms with van der Waals surface area (Å²) < 4.78 is 109. The summed E-state index contributed by atoms with van der Waals surface area (Å²) in [5, 5.41) is -2.24. The Bertz CT molecular complexity index is 1340. The van der Waals surface area contributed by atoms with E-state index in [2.05, 4.69) is 4.98 Å². The molecular formula is C21H14F6N2O3S. The summed E-state index contributed by atoms with van der Waals surface area (Å²) in [6, 6.07) is 4.28. The van der Waals surface area contributed by atoms with Crippen LogP contribution in [0.5, 0.6) is 0 Å². The van der Waals surface area contributed by atoms with Gasteiger partial charge in [-0.05, 0) is 60.5 Å². The Labute approximate surface area is 183 Å². The van der Waals surface area contributed by atoms with Crippen LogP contribution in [0.4, 0.5) is 26.3 Å². The molecule has 12 heteroatoms. The summed E-state index contributed by atoms with van der Waals surface area (Å²) in [6.07, 6.45) is -3.92. The minimum Gasteiger partial charge on any atom is -0.364 e. The molecule has 0 aliphatic carbocycles. The third-order valence-electron chi connectivity index (χ3n) is 4.85. The van der Waals surface area contributed by atoms with Crippen LogP contribution in [-0.4, -0.2) is 19.3 Å². The molecule has 174 valence electrons. The van der Waals surface area contributed by atoms with Gasteiger partial charge in [0.25, 0.3) is 5.91 Å². The van der Waals surface area contributed by atoms with E-state index in [4.69, 9.17) is 5.73 Å². The van der Waals surface area contributed by atoms with E-state index in [1.807, 2.05) is 0 Å². The Balaban J connectivity index is 2.31. The summed E-state index contributed by atoms with van der Waals surface area (Å²) in [7, 11) is -4.86. The summed E-state index contributed by atoms with van der Waals surface area (Å²) in [5.41, 5.74) is 2.21. The lowest BCUT2D eigenvalue weighted by Crippen LogP contribution is -2.21. The molecule has 0 fully saturated rings. The van der Waals surface area contributed by atoms with Gasteiger partial charge in [-0.2, -0.15) is 13.2 Å². The second-order valence-corrected chi connectivity index (χ2v) is 9.03. The minimum atomic E-state index is -4.86. The van der Waals surface area contributed by atoms with Crippen LogP contribution < -0.4 is 5.73 Å². The summed E-state index contributed by atoms with van der Waals surface area (Å²) in [4.78, 5) is 14.4. The van der Waals surface area contributed by atoms with Gasteiger partial charge in [-0.25, -0.2) is 21.6 Å². The van der Waals surface area contributed by atoms with Crippen LogP contribution in [-0.2, 0) is 16.0 Å². The number of nitrogens with two attached hydrogens (primary N) is 1. The van der Waals surface area contributed by atoms with Crippen LogP contribution in [0.2, 0.25) is 0 Å². The molecule has 0 bridgehead atoms. The number of hydrogen-bond acceptors (Lipinski definition) is 4. The summed E-state index contributed by atoms with van der Waals surface area (Å²) >= 11 is 0. The van der Waals surface area contributed by atoms with E-state index < -0.39 is 60.6 Å². The molecule has 1 aromatic heterocycles. The summed E-state index contributed by atoms with van der Waals surface area (Å²) in [6.45, 7) is 1.30. The number of halogens is 6. The number of pyridine rings is 1. The number of alkyl halides is 3. The fourth-order valence-electron chi connectivity index (χ4n) is 3.21. The fraction of sp³-hybridized carbons (Fsp3) is 0.143. The monoisotopic (exact) mass is 488 g/mol. The molecule has 1 atom stereocenters. The molecule has 1 heterocycles. The Morgan fingerprint density at radius 1 is 1.00 bits per heavy atom. The van der Waals surface area contributed by atoms with Crippen LogP contribution in [0.1, 0.15) is 38.0 Å². The van der Waals surface area contributed by atoms with Crippen molar-refractivity contribution in [3.63, 3.8) is 0 Å². The first-order chi connectivity index (χ1) is 15.2. The molecule has 0 aliphatic heterocycles. The molecule has 0 radical (unpaired) electrons. The second-order valence-electron chi connectivity index (χ2n) is 6.99. The van der Waals surface area contributed by atoms with Gasteiger partial charge in [-0.1, -0.05) is 0 Å². The molecule has 0 spiro atoms. The standard InChI is InChI=1S/C21H14F6N2O3S/c1-10-8-16(20(28)30)29-9-13(10)19(17-14(22)6-7-15(23)18(17)24)33(31,32)12-4-2-11(3-5-12)21(25,26)27/h2-9,19H,1H3,(H2,28,30). The zero-order valence-electron chi connectivity index (χ0n) is 16.6. The van der Waals surface area contributed by atoms with E-state index in [0.29, 0.717) is 36.4 Å². The van der Waals surface area contributed by atoms with Crippen molar-refractivity contribution in [1.82, 2.24) is 4.98 Å². The predicted octanol–water partition coefficient (Wildman–Crippen LogP) is 4.49. The fourth-order valence-corrected chi connectivity index (χ4v) is 5.10. The van der Waals surface area contributed by atoms with Crippen molar-refractivity contribution in [2.45, 2.75) is 23.2 Å². The van der Waals surface area contributed by atoms with E-state index in [-0.39, 0.29) is 16.8 Å². The first-order valence-corrected chi connectivity index (χ1v) is 10.6. The van der Waals surface area contributed by atoms with E-state index in [1.165, 1.54) is 6.92 Å². The molecule has 2 aromatic carbocycles. The molecular weight excluding hydrogens is 474 g/mol. The SMILES string of the molecule is Cc1cc(C(N)=O)ncc1C(c1c(F)ccc(F)c1F)S(=O)(=O)c1ccc(C(F)(F)F)cc1. The molecule has 33 heavy (non-hydrogen) atoms. The second kappa shape index (κ2) is 8.50. The quantitative estimate of drug-likeness (QED) is 0.423. The zero-order valence-corrected chi connectivity index (χ0v) is 17.4. The van der Waals surface area contributed by atoms with Crippen LogP contribution in [0.3, 0.4) is 0 Å². The van der Waals surface area contributed by atoms with Gasteiger partial charge in [-0.3, -0.25) is 9.78 Å². The zero-order chi connectivity index (χ0) is 24.7. The number of nitrogens with zero attached hydrogens (tertiary/aromatic N) is 1. The number of primary amides is 1. The predicted molar refractivity (Wildman–Crippen MR) is 104 cm³/mol. The molecule has 0 saturated carbocycles. The number of aromatic nitrogens is 1. The highest BCUT2D eigenvalue weighted by Gasteiger charge is 2.38. The van der Waals surface area contributed by atoms with Crippen molar-refractivity contribution in [2.75, 3.05) is 0 Å². The van der Waals surface area contributed by atoms with E-state index in [9.17, 15) is 39.6 Å². The molecule has 1 amide bonds. The molecule has 2 N–H and O–H groups in total. The average molecular weight is 488 g/mol. The highest BCUT2D eigenvalue weighted by molar-refractivity contribution is 7.92. The first kappa shape index (κ1) is 24.2. The number of hydrogen-bond donors (Lipinski definition) is 1. The van der Waals surface area contributed by atoms with Crippen molar-refractivity contribution >= 4 is 15.7 Å². The van der Waals surface area contributed by atoms with E-state index in [0.717, 1.165) is 12.3 Å². The van der Waals surface area contributed by atoms with Crippen LogP contribution >= 0.6 is 0 Å². The van der Waals surface area contributed by atoms with Crippen molar-refractivity contribution in [1.29, 1.82) is 0 Å². The van der Waals surface area contributed by atoms with E-state index >= 15 is 0 Å². The number of rotatable bonds is 5. The topological polar surface area (TPSA) is 90.1 Å². The number of benzene rings is 2. The van der Waals surface area contributed by atoms with Crippen molar-refractivity contribution in [3.05, 3.63) is 94.1 Å². The number of sulfone groups is 1. The normalized spacial score (nSPS) is 13.1. The molecule has 3 aromatic rings. The Morgan fingerprint density at radius 2 is 1.58 bits per heavy atom. The third-order valence-corrected chi connectivity index (χ3v) is 6.89. The number of carbonyl (C=O) groups excluding carboxylic acids is 1. The Hall–Kier alpha value is -3.41. The number of aryl methyl sites for hydroxylation is 1. The lowest BCUT2D eigenvalue weighted by molar-refractivity contribution is -0.137. The maximum absolute atomic E-state index is 14.7. The van der Waals surface area contributed by atoms with Crippen molar-refractivity contribution < 1.29 is 39.6 Å². The maximum Gasteiger partial charge on any atom is 0.416 e. The Kier molecular flexibility index (Phi) is 6.25. The molecule has 0 aliphatic rings. The van der Waals surface area contributed by atoms with Gasteiger partial charge in [-0.15, -0.1) is 0 Å². The van der Waals surface area contributed by atoms with Gasteiger partial charge in [0.05, 0.1) is 10.5 Å². The molecule has 3 rings (SSSR count). The smallest absolute Gasteiger partial charge is 0.364 e. The summed E-state index contributed by atoms with van der Waals surface area (Å²) in [5.74, 6) is -5.71. The molecule has 1 unspecified atom stereocenters. The highest BCUT2D eigenvalue weighted by atomic mass is 32.2.